The zero-order chi connectivity index (χ0) is 15.2. The van der Waals surface area contributed by atoms with Crippen LogP contribution in [-0.2, 0) is 9.53 Å². The fourth-order valence-electron chi connectivity index (χ4n) is 1.27. The van der Waals surface area contributed by atoms with E-state index in [9.17, 15) is 22.8 Å². The largest absolute Gasteiger partial charge is 0.449 e. The molecular formula is C12H11F3N2O3. The number of hydrogen-bond acceptors (Lipinski definition) is 4. The summed E-state index contributed by atoms with van der Waals surface area (Å²) in [6.45, 7) is 0.903. The lowest BCUT2D eigenvalue weighted by atomic mass is 10.2. The molecule has 0 unspecified atom stereocenters. The van der Waals surface area contributed by atoms with E-state index in [1.807, 2.05) is 0 Å². The van der Waals surface area contributed by atoms with Gasteiger partial charge in [-0.1, -0.05) is 6.07 Å². The highest BCUT2D eigenvalue weighted by atomic mass is 19.4. The molecule has 0 aliphatic rings. The van der Waals surface area contributed by atoms with Gasteiger partial charge in [-0.25, -0.2) is 9.59 Å². The minimum Gasteiger partial charge on any atom is -0.449 e. The Kier molecular flexibility index (Phi) is 5.28. The van der Waals surface area contributed by atoms with E-state index in [1.165, 1.54) is 18.2 Å². The van der Waals surface area contributed by atoms with Gasteiger partial charge in [0.25, 0.3) is 0 Å². The third-order valence-corrected chi connectivity index (χ3v) is 2.25. The normalized spacial score (nSPS) is 10.6. The molecule has 0 spiro atoms. The number of isocyanates is 1. The summed E-state index contributed by atoms with van der Waals surface area (Å²) < 4.78 is 40.0. The smallest absolute Gasteiger partial charge is 0.411 e. The quantitative estimate of drug-likeness (QED) is 0.681. The summed E-state index contributed by atoms with van der Waals surface area (Å²) in [4.78, 5) is 24.8. The van der Waals surface area contributed by atoms with Crippen LogP contribution >= 0.6 is 0 Å². The number of anilines is 1. The van der Waals surface area contributed by atoms with E-state index in [1.54, 1.807) is 13.0 Å². The number of hydrogen-bond donors (Lipinski definition) is 1. The van der Waals surface area contributed by atoms with Crippen molar-refractivity contribution in [1.29, 1.82) is 0 Å². The molecule has 0 saturated carbocycles. The van der Waals surface area contributed by atoms with Gasteiger partial charge in [-0.2, -0.15) is 18.2 Å². The Morgan fingerprint density at radius 3 is 2.75 bits per heavy atom. The van der Waals surface area contributed by atoms with Crippen LogP contribution in [0, 0.1) is 6.92 Å². The molecule has 0 radical (unpaired) electrons. The molecule has 1 amide bonds. The number of benzene rings is 1. The van der Waals surface area contributed by atoms with Crippen LogP contribution in [0.1, 0.15) is 12.0 Å². The number of ether oxygens (including phenoxy) is 1. The van der Waals surface area contributed by atoms with E-state index in [-0.39, 0.29) is 5.69 Å². The highest BCUT2D eigenvalue weighted by molar-refractivity contribution is 5.86. The molecule has 108 valence electrons. The number of nitrogens with one attached hydrogen (secondary N) is 1. The molecule has 0 aliphatic carbocycles. The summed E-state index contributed by atoms with van der Waals surface area (Å²) >= 11 is 0. The van der Waals surface area contributed by atoms with Crippen LogP contribution in [0.25, 0.3) is 0 Å². The topological polar surface area (TPSA) is 67.8 Å². The van der Waals surface area contributed by atoms with Crippen molar-refractivity contribution in [2.45, 2.75) is 19.5 Å². The molecule has 0 aromatic heterocycles. The molecule has 20 heavy (non-hydrogen) atoms. The summed E-state index contributed by atoms with van der Waals surface area (Å²) in [7, 11) is 0. The Bertz CT molecular complexity index is 537. The summed E-state index contributed by atoms with van der Waals surface area (Å²) in [6, 6.07) is 4.49. The standard InChI is InChI=1S/C12H11F3N2O3/c1-8-2-3-9(16-7-18)6-10(8)17-11(19)20-5-4-12(13,14)15/h2-3,6H,4-5H2,1H3,(H,17,19). The predicted molar refractivity (Wildman–Crippen MR) is 64.6 cm³/mol. The van der Waals surface area contributed by atoms with Crippen molar-refractivity contribution in [2.75, 3.05) is 11.9 Å². The van der Waals surface area contributed by atoms with Crippen molar-refractivity contribution >= 4 is 23.5 Å². The lowest BCUT2D eigenvalue weighted by Gasteiger charge is -2.10. The summed E-state index contributed by atoms with van der Waals surface area (Å²) in [5.74, 6) is 0. The van der Waals surface area contributed by atoms with Crippen molar-refractivity contribution in [3.8, 4) is 0 Å². The van der Waals surface area contributed by atoms with Gasteiger partial charge in [0, 0.05) is 5.69 Å². The van der Waals surface area contributed by atoms with Gasteiger partial charge < -0.3 is 4.74 Å². The molecule has 0 aliphatic heterocycles. The molecule has 1 aromatic carbocycles. The lowest BCUT2D eigenvalue weighted by molar-refractivity contribution is -0.140. The summed E-state index contributed by atoms with van der Waals surface area (Å²) in [5, 5.41) is 2.28. The molecule has 0 saturated heterocycles. The highest BCUT2D eigenvalue weighted by Crippen LogP contribution is 2.22. The van der Waals surface area contributed by atoms with Crippen LogP contribution < -0.4 is 5.32 Å². The third kappa shape index (κ3) is 5.53. The van der Waals surface area contributed by atoms with Gasteiger partial charge in [-0.05, 0) is 24.6 Å². The number of aryl methyl sites for hydroxylation is 1. The first kappa shape index (κ1) is 15.7. The first-order chi connectivity index (χ1) is 9.31. The second kappa shape index (κ2) is 6.72. The number of alkyl halides is 3. The number of rotatable bonds is 4. The number of carbonyl (C=O) groups is 1. The van der Waals surface area contributed by atoms with Crippen LogP contribution in [0.2, 0.25) is 0 Å². The summed E-state index contributed by atoms with van der Waals surface area (Å²) in [5.41, 5.74) is 1.19. The Morgan fingerprint density at radius 1 is 1.45 bits per heavy atom. The Labute approximate surface area is 112 Å². The van der Waals surface area contributed by atoms with Gasteiger partial charge in [0.1, 0.15) is 6.61 Å². The van der Waals surface area contributed by atoms with Crippen molar-refractivity contribution in [2.24, 2.45) is 4.99 Å². The first-order valence-electron chi connectivity index (χ1n) is 5.51. The molecule has 0 atom stereocenters. The van der Waals surface area contributed by atoms with Crippen molar-refractivity contribution in [3.63, 3.8) is 0 Å². The molecular weight excluding hydrogens is 277 g/mol. The predicted octanol–water partition coefficient (Wildman–Crippen LogP) is 3.46. The molecule has 1 N–H and O–H groups in total. The molecule has 0 heterocycles. The van der Waals surface area contributed by atoms with Gasteiger partial charge in [0.15, 0.2) is 0 Å². The summed E-state index contributed by atoms with van der Waals surface area (Å²) in [6.07, 6.45) is -5.26. The Balaban J connectivity index is 2.61. The second-order valence-electron chi connectivity index (χ2n) is 3.83. The van der Waals surface area contributed by atoms with E-state index in [2.05, 4.69) is 15.0 Å². The van der Waals surface area contributed by atoms with Crippen LogP contribution in [0.4, 0.5) is 29.3 Å². The maximum Gasteiger partial charge on any atom is 0.411 e. The number of amides is 1. The van der Waals surface area contributed by atoms with Crippen molar-refractivity contribution in [1.82, 2.24) is 0 Å². The number of halogens is 3. The zero-order valence-electron chi connectivity index (χ0n) is 10.5. The maximum atomic E-state index is 11.9. The van der Waals surface area contributed by atoms with E-state index in [0.717, 1.165) is 0 Å². The molecule has 0 bridgehead atoms. The molecule has 1 rings (SSSR count). The minimum atomic E-state index is -4.38. The van der Waals surface area contributed by atoms with Crippen LogP contribution in [0.15, 0.2) is 23.2 Å². The van der Waals surface area contributed by atoms with Crippen LogP contribution in [0.3, 0.4) is 0 Å². The van der Waals surface area contributed by atoms with Gasteiger partial charge in [0.05, 0.1) is 12.1 Å². The maximum absolute atomic E-state index is 11.9. The van der Waals surface area contributed by atoms with Gasteiger partial charge in [-0.3, -0.25) is 5.32 Å². The van der Waals surface area contributed by atoms with E-state index >= 15 is 0 Å². The van der Waals surface area contributed by atoms with Crippen LogP contribution in [-0.4, -0.2) is 25.0 Å². The number of nitrogens with zero attached hydrogens (tertiary/aromatic N) is 1. The zero-order valence-corrected chi connectivity index (χ0v) is 10.5. The number of carbonyl (C=O) groups excluding carboxylic acids is 2. The van der Waals surface area contributed by atoms with Gasteiger partial charge in [0.2, 0.25) is 6.08 Å². The van der Waals surface area contributed by atoms with E-state index in [4.69, 9.17) is 0 Å². The molecule has 5 nitrogen and oxygen atoms in total. The molecule has 8 heteroatoms. The first-order valence-corrected chi connectivity index (χ1v) is 5.51. The van der Waals surface area contributed by atoms with E-state index in [0.29, 0.717) is 11.3 Å². The molecule has 0 fully saturated rings. The van der Waals surface area contributed by atoms with Crippen molar-refractivity contribution < 1.29 is 27.5 Å². The van der Waals surface area contributed by atoms with Gasteiger partial charge in [-0.15, -0.1) is 0 Å². The monoisotopic (exact) mass is 288 g/mol. The number of aliphatic imine (C=N–C) groups is 1. The van der Waals surface area contributed by atoms with Crippen LogP contribution in [0.5, 0.6) is 0 Å². The lowest BCUT2D eigenvalue weighted by Crippen LogP contribution is -2.18. The highest BCUT2D eigenvalue weighted by Gasteiger charge is 2.27. The SMILES string of the molecule is Cc1ccc(N=C=O)cc1NC(=O)OCCC(F)(F)F. The average Bonchev–Trinajstić information content (AvgIpc) is 2.32. The fraction of sp³-hybridized carbons (Fsp3) is 0.333. The Morgan fingerprint density at radius 2 is 2.15 bits per heavy atom. The Hall–Kier alpha value is -2.34. The average molecular weight is 288 g/mol. The third-order valence-electron chi connectivity index (χ3n) is 2.25. The van der Waals surface area contributed by atoms with Gasteiger partial charge >= 0.3 is 12.3 Å². The van der Waals surface area contributed by atoms with Crippen molar-refractivity contribution in [3.05, 3.63) is 23.8 Å². The molecule has 1 aromatic rings. The fourth-order valence-corrected chi connectivity index (χ4v) is 1.27. The second-order valence-corrected chi connectivity index (χ2v) is 3.83. The van der Waals surface area contributed by atoms with E-state index < -0.39 is 25.3 Å². The minimum absolute atomic E-state index is 0.260.